The van der Waals surface area contributed by atoms with Crippen LogP contribution in [-0.4, -0.2) is 0 Å². The summed E-state index contributed by atoms with van der Waals surface area (Å²) >= 11 is 0. The number of hydrogen-bond acceptors (Lipinski definition) is 2. The molecular weight excluding hydrogens is 292 g/mol. The van der Waals surface area contributed by atoms with Gasteiger partial charge >= 0.3 is 0 Å². The summed E-state index contributed by atoms with van der Waals surface area (Å²) in [7, 11) is 0. The molecule has 24 heavy (non-hydrogen) atoms. The van der Waals surface area contributed by atoms with Crippen LogP contribution in [0, 0.1) is 11.8 Å². The minimum atomic E-state index is 0.471. The van der Waals surface area contributed by atoms with Crippen molar-refractivity contribution in [3.63, 3.8) is 0 Å². The quantitative estimate of drug-likeness (QED) is 0.284. The van der Waals surface area contributed by atoms with Crippen LogP contribution in [0.2, 0.25) is 0 Å². The molecule has 0 aromatic carbocycles. The van der Waals surface area contributed by atoms with Gasteiger partial charge in [-0.05, 0) is 30.8 Å². The van der Waals surface area contributed by atoms with Gasteiger partial charge in [0.2, 0.25) is 0 Å². The summed E-state index contributed by atoms with van der Waals surface area (Å²) in [4.78, 5) is 0. The van der Waals surface area contributed by atoms with Gasteiger partial charge in [-0.1, -0.05) is 104 Å². The molecule has 0 bridgehead atoms. The second kappa shape index (κ2) is 17.2. The van der Waals surface area contributed by atoms with Gasteiger partial charge in [-0.15, -0.1) is 0 Å². The smallest absolute Gasteiger partial charge is 0.0892 e. The van der Waals surface area contributed by atoms with E-state index in [9.17, 15) is 0 Å². The third-order valence-corrected chi connectivity index (χ3v) is 5.23. The lowest BCUT2D eigenvalue weighted by molar-refractivity contribution is 0.402. The van der Waals surface area contributed by atoms with Gasteiger partial charge in [0.25, 0.3) is 0 Å². The molecule has 2 unspecified atom stereocenters. The lowest BCUT2D eigenvalue weighted by atomic mass is 9.93. The Morgan fingerprint density at radius 2 is 1.08 bits per heavy atom. The number of nitrogens with two attached hydrogens (primary N) is 2. The highest BCUT2D eigenvalue weighted by molar-refractivity contribution is 4.89. The molecule has 0 radical (unpaired) electrons. The molecule has 0 rings (SSSR count). The zero-order chi connectivity index (χ0) is 18.0. The van der Waals surface area contributed by atoms with Crippen molar-refractivity contribution in [3.05, 3.63) is 11.9 Å². The Kier molecular flexibility index (Phi) is 16.7. The molecule has 0 spiro atoms. The highest BCUT2D eigenvalue weighted by Gasteiger charge is 2.05. The van der Waals surface area contributed by atoms with Gasteiger partial charge < -0.3 is 11.5 Å². The molecule has 4 N–H and O–H groups in total. The maximum Gasteiger partial charge on any atom is 0.0892 e. The van der Waals surface area contributed by atoms with Crippen LogP contribution in [0.25, 0.3) is 0 Å². The van der Waals surface area contributed by atoms with E-state index in [1.807, 2.05) is 6.08 Å². The van der Waals surface area contributed by atoms with Crippen LogP contribution in [0.3, 0.4) is 0 Å². The normalized spacial score (nSPS) is 13.6. The molecule has 0 aromatic rings. The van der Waals surface area contributed by atoms with E-state index in [-0.39, 0.29) is 0 Å². The summed E-state index contributed by atoms with van der Waals surface area (Å²) in [5, 5.41) is 0. The summed E-state index contributed by atoms with van der Waals surface area (Å²) in [5.41, 5.74) is 10.9. The first-order valence-electron chi connectivity index (χ1n) is 10.8. The van der Waals surface area contributed by atoms with Gasteiger partial charge in [0.15, 0.2) is 0 Å². The largest absolute Gasteiger partial charge is 0.386 e. The van der Waals surface area contributed by atoms with Crippen LogP contribution in [0.15, 0.2) is 11.9 Å². The summed E-state index contributed by atoms with van der Waals surface area (Å²) in [6.07, 6.45) is 22.5. The van der Waals surface area contributed by atoms with E-state index >= 15 is 0 Å². The molecule has 0 fully saturated rings. The molecule has 144 valence electrons. The van der Waals surface area contributed by atoms with E-state index in [1.165, 1.54) is 89.9 Å². The van der Waals surface area contributed by atoms with Gasteiger partial charge in [-0.2, -0.15) is 0 Å². The van der Waals surface area contributed by atoms with Gasteiger partial charge in [-0.3, -0.25) is 0 Å². The van der Waals surface area contributed by atoms with Crippen LogP contribution in [0.4, 0.5) is 0 Å². The maximum atomic E-state index is 5.43. The van der Waals surface area contributed by atoms with Crippen LogP contribution in [-0.2, 0) is 0 Å². The number of allylic oxidation sites excluding steroid dienone is 1. The molecule has 2 nitrogen and oxygen atoms in total. The Bertz CT molecular complexity index is 282. The van der Waals surface area contributed by atoms with Crippen LogP contribution < -0.4 is 11.5 Å². The minimum absolute atomic E-state index is 0.471. The summed E-state index contributed by atoms with van der Waals surface area (Å²) in [6.45, 7) is 7.17. The van der Waals surface area contributed by atoms with E-state index in [0.717, 1.165) is 18.3 Å². The molecule has 0 saturated carbocycles. The zero-order valence-electron chi connectivity index (χ0n) is 17.0. The molecule has 0 aliphatic rings. The van der Waals surface area contributed by atoms with Crippen molar-refractivity contribution >= 4 is 0 Å². The number of unbranched alkanes of at least 4 members (excludes halogenated alkanes) is 8. The summed E-state index contributed by atoms with van der Waals surface area (Å²) in [6, 6.07) is 0. The average molecular weight is 339 g/mol. The van der Waals surface area contributed by atoms with Crippen molar-refractivity contribution in [1.82, 2.24) is 0 Å². The average Bonchev–Trinajstić information content (AvgIpc) is 2.54. The Morgan fingerprint density at radius 3 is 1.54 bits per heavy atom. The van der Waals surface area contributed by atoms with Crippen LogP contribution in [0.5, 0.6) is 0 Å². The van der Waals surface area contributed by atoms with E-state index < -0.39 is 0 Å². The minimum Gasteiger partial charge on any atom is -0.386 e. The first-order chi connectivity index (χ1) is 11.6. The second-order valence-electron chi connectivity index (χ2n) is 8.04. The molecule has 2 atom stereocenters. The van der Waals surface area contributed by atoms with Crippen molar-refractivity contribution in [1.29, 1.82) is 0 Å². The van der Waals surface area contributed by atoms with E-state index in [2.05, 4.69) is 20.8 Å². The highest BCUT2D eigenvalue weighted by Crippen LogP contribution is 2.21. The van der Waals surface area contributed by atoms with Crippen molar-refractivity contribution in [2.75, 3.05) is 0 Å². The van der Waals surface area contributed by atoms with E-state index in [1.54, 1.807) is 0 Å². The van der Waals surface area contributed by atoms with Gasteiger partial charge in [0, 0.05) is 0 Å². The van der Waals surface area contributed by atoms with E-state index in [0.29, 0.717) is 5.82 Å². The first-order valence-corrected chi connectivity index (χ1v) is 10.8. The third-order valence-electron chi connectivity index (χ3n) is 5.23. The van der Waals surface area contributed by atoms with E-state index in [4.69, 9.17) is 11.5 Å². The van der Waals surface area contributed by atoms with Gasteiger partial charge in [0.1, 0.15) is 0 Å². The molecule has 0 saturated heterocycles. The monoisotopic (exact) mass is 338 g/mol. The summed E-state index contributed by atoms with van der Waals surface area (Å²) < 4.78 is 0. The SMILES string of the molecule is CCCCCCCC(C)CCCCC(C)CCCCCC=C(N)N. The van der Waals surface area contributed by atoms with Gasteiger partial charge in [-0.25, -0.2) is 0 Å². The molecule has 0 aliphatic heterocycles. The predicted molar refractivity (Wildman–Crippen MR) is 110 cm³/mol. The first kappa shape index (κ1) is 23.3. The highest BCUT2D eigenvalue weighted by atomic mass is 14.8. The van der Waals surface area contributed by atoms with Crippen molar-refractivity contribution in [2.45, 2.75) is 117 Å². The topological polar surface area (TPSA) is 52.0 Å². The fourth-order valence-corrected chi connectivity index (χ4v) is 3.45. The molecule has 2 heteroatoms. The second-order valence-corrected chi connectivity index (χ2v) is 8.04. The lowest BCUT2D eigenvalue weighted by Gasteiger charge is -2.13. The molecule has 0 amide bonds. The molecule has 0 aliphatic carbocycles. The van der Waals surface area contributed by atoms with Crippen LogP contribution >= 0.6 is 0 Å². The van der Waals surface area contributed by atoms with Crippen molar-refractivity contribution < 1.29 is 0 Å². The Hall–Kier alpha value is -0.660. The van der Waals surface area contributed by atoms with Gasteiger partial charge in [0.05, 0.1) is 5.82 Å². The molecule has 0 heterocycles. The zero-order valence-corrected chi connectivity index (χ0v) is 17.0. The lowest BCUT2D eigenvalue weighted by Crippen LogP contribution is -2.07. The summed E-state index contributed by atoms with van der Waals surface area (Å²) in [5.74, 6) is 2.30. The van der Waals surface area contributed by atoms with Crippen LogP contribution in [0.1, 0.15) is 117 Å². The Labute approximate surface area is 152 Å². The Balaban J connectivity index is 3.35. The predicted octanol–water partition coefficient (Wildman–Crippen LogP) is 6.89. The molecular formula is C22H46N2. The number of rotatable bonds is 17. The molecule has 0 aromatic heterocycles. The van der Waals surface area contributed by atoms with Crippen molar-refractivity contribution in [3.8, 4) is 0 Å². The standard InChI is InChI=1S/C22H46N2/c1-4-5-6-7-10-15-20(2)17-13-14-18-21(3)16-11-8-9-12-19-22(23)24/h19-21H,4-18,23-24H2,1-3H3. The fourth-order valence-electron chi connectivity index (χ4n) is 3.45. The third kappa shape index (κ3) is 17.7. The fraction of sp³-hybridized carbons (Fsp3) is 0.909. The Morgan fingerprint density at radius 1 is 0.667 bits per heavy atom. The number of hydrogen-bond donors (Lipinski definition) is 2. The van der Waals surface area contributed by atoms with Crippen molar-refractivity contribution in [2.24, 2.45) is 23.3 Å². The maximum absolute atomic E-state index is 5.43.